The first-order valence-electron chi connectivity index (χ1n) is 10.3. The minimum atomic E-state index is -0.935. The Labute approximate surface area is 194 Å². The van der Waals surface area contributed by atoms with Crippen LogP contribution in [0.5, 0.6) is 5.75 Å². The van der Waals surface area contributed by atoms with Gasteiger partial charge in [-0.1, -0.05) is 19.1 Å². The number of amides is 1. The summed E-state index contributed by atoms with van der Waals surface area (Å²) < 4.78 is 10.6. The maximum absolute atomic E-state index is 12.7. The number of nitrogens with zero attached hydrogens (tertiary/aromatic N) is 2. The summed E-state index contributed by atoms with van der Waals surface area (Å²) in [5.74, 6) is 0.471. The minimum Gasteiger partial charge on any atom is -0.497 e. The second kappa shape index (κ2) is 10.1. The second-order valence-corrected chi connectivity index (χ2v) is 7.93. The highest BCUT2D eigenvalue weighted by Gasteiger charge is 2.23. The Morgan fingerprint density at radius 1 is 1.09 bits per heavy atom. The smallest absolute Gasteiger partial charge is 0.338 e. The first kappa shape index (κ1) is 22.2. The Kier molecular flexibility index (Phi) is 6.80. The summed E-state index contributed by atoms with van der Waals surface area (Å²) in [7, 11) is 1.61. The number of imidazole rings is 1. The van der Waals surface area contributed by atoms with Crippen molar-refractivity contribution in [1.82, 2.24) is 15.0 Å². The third-order valence-corrected chi connectivity index (χ3v) is 5.68. The van der Waals surface area contributed by atoms with Crippen LogP contribution in [-0.4, -0.2) is 40.0 Å². The van der Waals surface area contributed by atoms with E-state index in [-0.39, 0.29) is 0 Å². The van der Waals surface area contributed by atoms with Gasteiger partial charge in [0.25, 0.3) is 5.91 Å². The van der Waals surface area contributed by atoms with E-state index in [2.05, 4.69) is 20.3 Å². The number of hydrogen-bond donors (Lipinski definition) is 2. The maximum Gasteiger partial charge on any atom is 0.338 e. The Balaban J connectivity index is 1.38. The summed E-state index contributed by atoms with van der Waals surface area (Å²) >= 11 is 1.30. The molecule has 2 N–H and O–H groups in total. The summed E-state index contributed by atoms with van der Waals surface area (Å²) in [6, 6.07) is 14.3. The largest absolute Gasteiger partial charge is 0.497 e. The molecule has 0 spiro atoms. The highest BCUT2D eigenvalue weighted by Crippen LogP contribution is 2.27. The van der Waals surface area contributed by atoms with E-state index in [1.165, 1.54) is 11.3 Å². The molecule has 4 aromatic rings. The van der Waals surface area contributed by atoms with Crippen molar-refractivity contribution in [1.29, 1.82) is 0 Å². The van der Waals surface area contributed by atoms with Gasteiger partial charge in [-0.3, -0.25) is 10.1 Å². The van der Waals surface area contributed by atoms with Gasteiger partial charge in [0.15, 0.2) is 11.2 Å². The third kappa shape index (κ3) is 5.27. The van der Waals surface area contributed by atoms with E-state index >= 15 is 0 Å². The molecular weight excluding hydrogens is 440 g/mol. The molecule has 0 bridgehead atoms. The molecule has 0 saturated heterocycles. The number of nitrogens with one attached hydrogen (secondary N) is 2. The first-order chi connectivity index (χ1) is 16.1. The molecule has 2 aromatic carbocycles. The minimum absolute atomic E-state index is 0.332. The molecule has 2 aromatic heterocycles. The van der Waals surface area contributed by atoms with Gasteiger partial charge in [0.1, 0.15) is 11.6 Å². The van der Waals surface area contributed by atoms with Gasteiger partial charge in [0, 0.05) is 28.9 Å². The van der Waals surface area contributed by atoms with Crippen molar-refractivity contribution >= 4 is 28.3 Å². The van der Waals surface area contributed by atoms with Crippen LogP contribution in [0.1, 0.15) is 23.7 Å². The lowest BCUT2D eigenvalue weighted by atomic mass is 10.1. The topological polar surface area (TPSA) is 106 Å². The van der Waals surface area contributed by atoms with Crippen LogP contribution >= 0.6 is 11.3 Å². The summed E-state index contributed by atoms with van der Waals surface area (Å²) in [5.41, 5.74) is 2.84. The van der Waals surface area contributed by atoms with Crippen molar-refractivity contribution in [3.63, 3.8) is 0 Å². The SMILES string of the molecule is CCC(OC(=O)c1ccc(-c2ncc[nH]2)cc1)C(=O)Nc1nc(-c2ccc(OC)cc2)cs1. The number of carbonyl (C=O) groups excluding carboxylic acids is 2. The zero-order valence-electron chi connectivity index (χ0n) is 18.1. The van der Waals surface area contributed by atoms with Gasteiger partial charge in [0.2, 0.25) is 0 Å². The van der Waals surface area contributed by atoms with Crippen LogP contribution < -0.4 is 10.1 Å². The fraction of sp³-hybridized carbons (Fsp3) is 0.167. The van der Waals surface area contributed by atoms with Crippen molar-refractivity contribution in [2.24, 2.45) is 0 Å². The number of esters is 1. The molecule has 168 valence electrons. The average molecular weight is 463 g/mol. The molecule has 0 aliphatic heterocycles. The number of carbonyl (C=O) groups is 2. The van der Waals surface area contributed by atoms with Gasteiger partial charge in [0.05, 0.1) is 18.4 Å². The normalized spacial score (nSPS) is 11.6. The van der Waals surface area contributed by atoms with E-state index in [4.69, 9.17) is 9.47 Å². The fourth-order valence-electron chi connectivity index (χ4n) is 3.12. The van der Waals surface area contributed by atoms with E-state index < -0.39 is 18.0 Å². The predicted octanol–water partition coefficient (Wildman–Crippen LogP) is 4.78. The van der Waals surface area contributed by atoms with Gasteiger partial charge in [-0.25, -0.2) is 14.8 Å². The quantitative estimate of drug-likeness (QED) is 0.365. The maximum atomic E-state index is 12.7. The van der Waals surface area contributed by atoms with Crippen molar-refractivity contribution in [2.75, 3.05) is 12.4 Å². The predicted molar refractivity (Wildman–Crippen MR) is 126 cm³/mol. The van der Waals surface area contributed by atoms with Crippen LogP contribution in [0.25, 0.3) is 22.6 Å². The molecule has 4 rings (SSSR count). The molecule has 0 radical (unpaired) electrons. The Morgan fingerprint density at radius 2 is 1.82 bits per heavy atom. The summed E-state index contributed by atoms with van der Waals surface area (Å²) in [6.45, 7) is 1.78. The van der Waals surface area contributed by atoms with Gasteiger partial charge >= 0.3 is 5.97 Å². The summed E-state index contributed by atoms with van der Waals surface area (Å²) in [5, 5.41) is 5.03. The number of rotatable bonds is 8. The first-order valence-corrected chi connectivity index (χ1v) is 11.2. The lowest BCUT2D eigenvalue weighted by molar-refractivity contribution is -0.124. The third-order valence-electron chi connectivity index (χ3n) is 4.92. The number of H-pyrrole nitrogens is 1. The van der Waals surface area contributed by atoms with Crippen molar-refractivity contribution < 1.29 is 19.1 Å². The highest BCUT2D eigenvalue weighted by molar-refractivity contribution is 7.14. The average Bonchev–Trinajstić information content (AvgIpc) is 3.55. The molecular formula is C24H22N4O4S. The molecule has 0 aliphatic rings. The number of aromatic amines is 1. The fourth-order valence-corrected chi connectivity index (χ4v) is 3.84. The molecule has 8 nitrogen and oxygen atoms in total. The molecule has 1 amide bonds. The standard InChI is InChI=1S/C24H22N4O4S/c1-3-20(32-23(30)17-6-4-16(5-7-17)21-25-12-13-26-21)22(29)28-24-27-19(14-33-24)15-8-10-18(31-2)11-9-15/h4-14,20H,3H2,1-2H3,(H,25,26)(H,27,28,29). The van der Waals surface area contributed by atoms with E-state index in [1.54, 1.807) is 50.7 Å². The Morgan fingerprint density at radius 3 is 2.45 bits per heavy atom. The molecule has 9 heteroatoms. The number of hydrogen-bond acceptors (Lipinski definition) is 7. The van der Waals surface area contributed by atoms with Gasteiger partial charge < -0.3 is 14.5 Å². The number of ether oxygens (including phenoxy) is 2. The number of thiazole rings is 1. The molecule has 2 heterocycles. The lowest BCUT2D eigenvalue weighted by Crippen LogP contribution is -2.32. The van der Waals surface area contributed by atoms with Gasteiger partial charge in [-0.2, -0.15) is 0 Å². The zero-order valence-corrected chi connectivity index (χ0v) is 18.9. The molecule has 33 heavy (non-hydrogen) atoms. The van der Waals surface area contributed by atoms with Crippen LogP contribution in [0.4, 0.5) is 5.13 Å². The molecule has 1 unspecified atom stereocenters. The van der Waals surface area contributed by atoms with E-state index in [0.717, 1.165) is 22.6 Å². The van der Waals surface area contributed by atoms with Crippen LogP contribution in [0.2, 0.25) is 0 Å². The molecule has 0 aliphatic carbocycles. The van der Waals surface area contributed by atoms with Crippen LogP contribution in [0, 0.1) is 0 Å². The Hall–Kier alpha value is -3.98. The van der Waals surface area contributed by atoms with Crippen LogP contribution in [0.15, 0.2) is 66.3 Å². The zero-order chi connectivity index (χ0) is 23.2. The molecule has 1 atom stereocenters. The van der Waals surface area contributed by atoms with Crippen LogP contribution in [-0.2, 0) is 9.53 Å². The monoisotopic (exact) mass is 462 g/mol. The number of methoxy groups -OCH3 is 1. The number of benzene rings is 2. The van der Waals surface area contributed by atoms with Crippen molar-refractivity contribution in [3.05, 3.63) is 71.9 Å². The van der Waals surface area contributed by atoms with Crippen molar-refractivity contribution in [3.8, 4) is 28.4 Å². The molecule has 0 saturated carbocycles. The molecule has 0 fully saturated rings. The summed E-state index contributed by atoms with van der Waals surface area (Å²) in [4.78, 5) is 36.9. The lowest BCUT2D eigenvalue weighted by Gasteiger charge is -2.15. The second-order valence-electron chi connectivity index (χ2n) is 7.07. The number of anilines is 1. The van der Waals surface area contributed by atoms with E-state index in [9.17, 15) is 9.59 Å². The van der Waals surface area contributed by atoms with E-state index in [0.29, 0.717) is 22.9 Å². The summed E-state index contributed by atoms with van der Waals surface area (Å²) in [6.07, 6.45) is 2.78. The van der Waals surface area contributed by atoms with Gasteiger partial charge in [-0.15, -0.1) is 11.3 Å². The Bertz CT molecular complexity index is 1220. The van der Waals surface area contributed by atoms with Crippen molar-refractivity contribution in [2.45, 2.75) is 19.4 Å². The van der Waals surface area contributed by atoms with Crippen LogP contribution in [0.3, 0.4) is 0 Å². The highest BCUT2D eigenvalue weighted by atomic mass is 32.1. The van der Waals surface area contributed by atoms with Gasteiger partial charge in [-0.05, 0) is 42.8 Å². The number of aromatic nitrogens is 3. The van der Waals surface area contributed by atoms with E-state index in [1.807, 2.05) is 29.6 Å².